The summed E-state index contributed by atoms with van der Waals surface area (Å²) >= 11 is 0. The van der Waals surface area contributed by atoms with Crippen LogP contribution in [0.4, 0.5) is 5.82 Å². The van der Waals surface area contributed by atoms with Crippen LogP contribution in [0.15, 0.2) is 65.5 Å². The lowest BCUT2D eigenvalue weighted by atomic mass is 10.1. The Balaban J connectivity index is 1.67. The van der Waals surface area contributed by atoms with Gasteiger partial charge in [0, 0.05) is 11.5 Å². The first-order valence-corrected chi connectivity index (χ1v) is 8.49. The maximum Gasteiger partial charge on any atom is 0.277 e. The van der Waals surface area contributed by atoms with Crippen molar-refractivity contribution in [1.82, 2.24) is 20.0 Å². The van der Waals surface area contributed by atoms with E-state index in [0.717, 1.165) is 11.3 Å². The van der Waals surface area contributed by atoms with Crippen molar-refractivity contribution in [1.29, 1.82) is 0 Å². The Morgan fingerprint density at radius 3 is 2.56 bits per heavy atom. The molecule has 1 amide bonds. The molecule has 0 atom stereocenters. The van der Waals surface area contributed by atoms with Gasteiger partial charge in [0.15, 0.2) is 5.69 Å². The smallest absolute Gasteiger partial charge is 0.277 e. The summed E-state index contributed by atoms with van der Waals surface area (Å²) in [4.78, 5) is 24.7. The minimum absolute atomic E-state index is 0.162. The Bertz CT molecular complexity index is 1180. The van der Waals surface area contributed by atoms with Gasteiger partial charge < -0.3 is 5.32 Å². The number of rotatable bonds is 4. The lowest BCUT2D eigenvalue weighted by Crippen LogP contribution is -2.21. The summed E-state index contributed by atoms with van der Waals surface area (Å²) in [5.41, 5.74) is 1.70. The van der Waals surface area contributed by atoms with E-state index in [1.807, 2.05) is 37.3 Å². The summed E-state index contributed by atoms with van der Waals surface area (Å²) in [7, 11) is 0. The van der Waals surface area contributed by atoms with E-state index >= 15 is 0 Å². The third-order valence-corrected chi connectivity index (χ3v) is 4.23. The number of hydrogen-bond donors (Lipinski definition) is 2. The molecule has 0 aliphatic heterocycles. The fourth-order valence-electron chi connectivity index (χ4n) is 2.99. The summed E-state index contributed by atoms with van der Waals surface area (Å²) in [6.07, 6.45) is 0. The van der Waals surface area contributed by atoms with Gasteiger partial charge in [0.05, 0.1) is 17.6 Å². The van der Waals surface area contributed by atoms with Gasteiger partial charge >= 0.3 is 0 Å². The predicted octanol–water partition coefficient (Wildman–Crippen LogP) is 2.73. The number of H-pyrrole nitrogens is 1. The normalized spacial score (nSPS) is 10.9. The van der Waals surface area contributed by atoms with Crippen LogP contribution in [0.5, 0.6) is 0 Å². The van der Waals surface area contributed by atoms with Gasteiger partial charge in [-0.1, -0.05) is 48.5 Å². The fraction of sp³-hybridized carbons (Fsp3) is 0.100. The van der Waals surface area contributed by atoms with E-state index in [9.17, 15) is 9.59 Å². The molecule has 27 heavy (non-hydrogen) atoms. The number of amides is 1. The number of fused-ring (bicyclic) bond motifs is 1. The molecule has 0 fully saturated rings. The molecule has 2 N–H and O–H groups in total. The first kappa shape index (κ1) is 16.7. The van der Waals surface area contributed by atoms with E-state index in [2.05, 4.69) is 20.6 Å². The van der Waals surface area contributed by atoms with Crippen LogP contribution < -0.4 is 10.9 Å². The first-order chi connectivity index (χ1) is 13.1. The summed E-state index contributed by atoms with van der Waals surface area (Å²) in [5.74, 6) is 0.162. The zero-order valence-electron chi connectivity index (χ0n) is 14.6. The molecule has 134 valence electrons. The van der Waals surface area contributed by atoms with Gasteiger partial charge in [0.25, 0.3) is 11.5 Å². The van der Waals surface area contributed by atoms with Gasteiger partial charge in [0.1, 0.15) is 5.82 Å². The number of anilines is 1. The topological polar surface area (TPSA) is 92.7 Å². The van der Waals surface area contributed by atoms with E-state index in [0.29, 0.717) is 23.1 Å². The average Bonchev–Trinajstić information content (AvgIpc) is 3.01. The molecule has 0 radical (unpaired) electrons. The molecule has 2 heterocycles. The van der Waals surface area contributed by atoms with Crippen LogP contribution in [0.25, 0.3) is 10.8 Å². The molecule has 2 aromatic heterocycles. The molecule has 4 aromatic rings. The zero-order chi connectivity index (χ0) is 18.8. The number of hydrogen-bond acceptors (Lipinski definition) is 4. The Labute approximate surface area is 154 Å². The second-order valence-corrected chi connectivity index (χ2v) is 6.22. The van der Waals surface area contributed by atoms with Gasteiger partial charge in [-0.15, -0.1) is 0 Å². The number of carbonyl (C=O) groups is 1. The minimum atomic E-state index is -0.406. The summed E-state index contributed by atoms with van der Waals surface area (Å²) in [6.45, 7) is 2.40. The van der Waals surface area contributed by atoms with Gasteiger partial charge in [-0.25, -0.2) is 9.78 Å². The van der Waals surface area contributed by atoms with Gasteiger partial charge in [-0.2, -0.15) is 10.2 Å². The molecule has 0 saturated carbocycles. The third-order valence-electron chi connectivity index (χ3n) is 4.23. The molecule has 0 saturated heterocycles. The molecule has 0 bridgehead atoms. The number of nitrogens with one attached hydrogen (secondary N) is 2. The fourth-order valence-corrected chi connectivity index (χ4v) is 2.99. The highest BCUT2D eigenvalue weighted by Crippen LogP contribution is 2.17. The van der Waals surface area contributed by atoms with Gasteiger partial charge in [-0.05, 0) is 18.6 Å². The van der Waals surface area contributed by atoms with Gasteiger partial charge in [0.2, 0.25) is 0 Å². The van der Waals surface area contributed by atoms with Crippen LogP contribution in [0.2, 0.25) is 0 Å². The van der Waals surface area contributed by atoms with Crippen molar-refractivity contribution in [3.63, 3.8) is 0 Å². The molecule has 0 spiro atoms. The van der Waals surface area contributed by atoms with E-state index in [1.165, 1.54) is 0 Å². The zero-order valence-corrected chi connectivity index (χ0v) is 14.6. The Morgan fingerprint density at radius 1 is 1.07 bits per heavy atom. The maximum absolute atomic E-state index is 12.8. The molecule has 0 aliphatic rings. The van der Waals surface area contributed by atoms with Crippen molar-refractivity contribution >= 4 is 22.5 Å². The minimum Gasteiger partial charge on any atom is -0.305 e. The lowest BCUT2D eigenvalue weighted by molar-refractivity contribution is 0.102. The largest absolute Gasteiger partial charge is 0.305 e. The highest BCUT2D eigenvalue weighted by Gasteiger charge is 2.16. The molecular formula is C20H17N5O2. The number of carbonyl (C=O) groups excluding carboxylic acids is 1. The number of aromatic amines is 1. The molecule has 2 aromatic carbocycles. The van der Waals surface area contributed by atoms with Crippen LogP contribution in [0.1, 0.15) is 21.7 Å². The maximum atomic E-state index is 12.8. The van der Waals surface area contributed by atoms with E-state index < -0.39 is 5.91 Å². The Hall–Kier alpha value is -3.74. The summed E-state index contributed by atoms with van der Waals surface area (Å²) < 4.78 is 1.73. The van der Waals surface area contributed by atoms with E-state index in [1.54, 1.807) is 35.0 Å². The first-order valence-electron chi connectivity index (χ1n) is 8.49. The molecule has 0 aliphatic carbocycles. The van der Waals surface area contributed by atoms with E-state index in [4.69, 9.17) is 0 Å². The summed E-state index contributed by atoms with van der Waals surface area (Å²) in [6, 6.07) is 18.6. The predicted molar refractivity (Wildman–Crippen MR) is 103 cm³/mol. The van der Waals surface area contributed by atoms with Crippen molar-refractivity contribution in [3.8, 4) is 0 Å². The molecule has 0 unspecified atom stereocenters. The van der Waals surface area contributed by atoms with Gasteiger partial charge in [-0.3, -0.25) is 9.59 Å². The lowest BCUT2D eigenvalue weighted by Gasteiger charge is -2.09. The Morgan fingerprint density at radius 2 is 1.78 bits per heavy atom. The number of aryl methyl sites for hydroxylation is 1. The highest BCUT2D eigenvalue weighted by molar-refractivity contribution is 6.10. The van der Waals surface area contributed by atoms with E-state index in [-0.39, 0.29) is 11.3 Å². The van der Waals surface area contributed by atoms with Crippen molar-refractivity contribution in [2.24, 2.45) is 0 Å². The van der Waals surface area contributed by atoms with Crippen molar-refractivity contribution in [2.45, 2.75) is 13.5 Å². The second-order valence-electron chi connectivity index (χ2n) is 6.22. The Kier molecular flexibility index (Phi) is 4.25. The van der Waals surface area contributed by atoms with Crippen molar-refractivity contribution in [2.75, 3.05) is 5.32 Å². The number of aromatic nitrogens is 4. The van der Waals surface area contributed by atoms with Crippen LogP contribution >= 0.6 is 0 Å². The van der Waals surface area contributed by atoms with Crippen LogP contribution in [-0.2, 0) is 6.54 Å². The standard InChI is InChI=1S/C20H17N5O2/c1-13-11-17(25(24-13)12-14-7-3-2-4-8-14)21-20(27)18-15-9-5-6-10-16(15)19(26)23-22-18/h2-11H,12H2,1H3,(H,21,27)(H,23,26). The van der Waals surface area contributed by atoms with Crippen molar-refractivity contribution in [3.05, 3.63) is 88.0 Å². The van der Waals surface area contributed by atoms with Crippen LogP contribution in [0, 0.1) is 6.92 Å². The second kappa shape index (κ2) is 6.87. The molecule has 4 rings (SSSR count). The molecule has 7 heteroatoms. The van der Waals surface area contributed by atoms with Crippen LogP contribution in [0.3, 0.4) is 0 Å². The quantitative estimate of drug-likeness (QED) is 0.586. The summed E-state index contributed by atoms with van der Waals surface area (Å²) in [5, 5.41) is 14.6. The monoisotopic (exact) mass is 359 g/mol. The number of benzene rings is 2. The van der Waals surface area contributed by atoms with Crippen molar-refractivity contribution < 1.29 is 4.79 Å². The highest BCUT2D eigenvalue weighted by atomic mass is 16.2. The average molecular weight is 359 g/mol. The third kappa shape index (κ3) is 3.35. The van der Waals surface area contributed by atoms with Crippen LogP contribution in [-0.4, -0.2) is 25.9 Å². The molecule has 7 nitrogen and oxygen atoms in total. The number of nitrogens with zero attached hydrogens (tertiary/aromatic N) is 3. The SMILES string of the molecule is Cc1cc(NC(=O)c2n[nH]c(=O)c3ccccc23)n(Cc2ccccc2)n1. The molecular weight excluding hydrogens is 342 g/mol.